The highest BCUT2D eigenvalue weighted by Gasteiger charge is 2.08. The smallest absolute Gasteiger partial charge is 0.0320 e. The molecule has 0 spiro atoms. The summed E-state index contributed by atoms with van der Waals surface area (Å²) in [5.41, 5.74) is 1.60. The van der Waals surface area contributed by atoms with Gasteiger partial charge in [0.15, 0.2) is 0 Å². The number of hydrogen-bond acceptors (Lipinski definition) is 0. The van der Waals surface area contributed by atoms with Gasteiger partial charge >= 0.3 is 0 Å². The van der Waals surface area contributed by atoms with Crippen LogP contribution in [0.4, 0.5) is 0 Å². The average Bonchev–Trinajstić information content (AvgIpc) is 1.90. The summed E-state index contributed by atoms with van der Waals surface area (Å²) in [7, 11) is 0. The van der Waals surface area contributed by atoms with Gasteiger partial charge in [0.25, 0.3) is 0 Å². The molecule has 0 saturated carbocycles. The Labute approximate surface area is 58.0 Å². The van der Waals surface area contributed by atoms with Crippen molar-refractivity contribution in [2.45, 2.75) is 39.5 Å². The molecule has 0 aromatic rings. The zero-order valence-electron chi connectivity index (χ0n) is 6.48. The fraction of sp³-hybridized carbons (Fsp3) is 0.778. The predicted molar refractivity (Wildman–Crippen MR) is 41.4 cm³/mol. The van der Waals surface area contributed by atoms with Gasteiger partial charge in [0.05, 0.1) is 0 Å². The van der Waals surface area contributed by atoms with Crippen molar-refractivity contribution >= 4 is 0 Å². The maximum Gasteiger partial charge on any atom is -0.0320 e. The summed E-state index contributed by atoms with van der Waals surface area (Å²) in [5, 5.41) is 0. The SMILES string of the molecule is CC[C@H]1CC=C(C)CC1. The van der Waals surface area contributed by atoms with Gasteiger partial charge in [-0.05, 0) is 32.1 Å². The highest BCUT2D eigenvalue weighted by molar-refractivity contribution is 5.02. The molecule has 0 N–H and O–H groups in total. The van der Waals surface area contributed by atoms with Crippen LogP contribution < -0.4 is 0 Å². The Hall–Kier alpha value is -0.260. The molecule has 0 nitrogen and oxygen atoms in total. The molecule has 1 atom stereocenters. The Kier molecular flexibility index (Phi) is 2.32. The fourth-order valence-corrected chi connectivity index (χ4v) is 1.39. The third-order valence-electron chi connectivity index (χ3n) is 2.32. The Balaban J connectivity index is 2.36. The molecule has 0 aliphatic heterocycles. The summed E-state index contributed by atoms with van der Waals surface area (Å²) in [6.45, 7) is 4.53. The van der Waals surface area contributed by atoms with Gasteiger partial charge in [0.1, 0.15) is 0 Å². The molecular weight excluding hydrogens is 108 g/mol. The summed E-state index contributed by atoms with van der Waals surface area (Å²) in [4.78, 5) is 0. The molecule has 0 aromatic heterocycles. The average molecular weight is 124 g/mol. The second-order valence-corrected chi connectivity index (χ2v) is 3.10. The summed E-state index contributed by atoms with van der Waals surface area (Å²) < 4.78 is 0. The second kappa shape index (κ2) is 3.05. The predicted octanol–water partition coefficient (Wildman–Crippen LogP) is 3.14. The molecule has 0 aromatic carbocycles. The van der Waals surface area contributed by atoms with Crippen molar-refractivity contribution in [2.75, 3.05) is 0 Å². The maximum atomic E-state index is 2.40. The van der Waals surface area contributed by atoms with E-state index in [0.29, 0.717) is 0 Å². The molecule has 1 aliphatic rings. The monoisotopic (exact) mass is 124 g/mol. The van der Waals surface area contributed by atoms with Crippen molar-refractivity contribution in [1.29, 1.82) is 0 Å². The van der Waals surface area contributed by atoms with E-state index >= 15 is 0 Å². The number of rotatable bonds is 1. The molecule has 0 bridgehead atoms. The van der Waals surface area contributed by atoms with E-state index in [0.717, 1.165) is 5.92 Å². The zero-order valence-corrected chi connectivity index (χ0v) is 6.48. The minimum Gasteiger partial charge on any atom is -0.0853 e. The first-order chi connectivity index (χ1) is 4.33. The van der Waals surface area contributed by atoms with Crippen LogP contribution in [-0.2, 0) is 0 Å². The molecule has 1 rings (SSSR count). The Morgan fingerprint density at radius 3 is 2.89 bits per heavy atom. The zero-order chi connectivity index (χ0) is 6.69. The van der Waals surface area contributed by atoms with Crippen LogP contribution in [0.3, 0.4) is 0 Å². The van der Waals surface area contributed by atoms with E-state index < -0.39 is 0 Å². The molecule has 9 heavy (non-hydrogen) atoms. The van der Waals surface area contributed by atoms with Crippen molar-refractivity contribution in [3.8, 4) is 0 Å². The molecule has 0 saturated heterocycles. The quantitative estimate of drug-likeness (QED) is 0.471. The molecule has 0 amide bonds. The van der Waals surface area contributed by atoms with E-state index in [9.17, 15) is 0 Å². The van der Waals surface area contributed by atoms with Gasteiger partial charge in [-0.2, -0.15) is 0 Å². The van der Waals surface area contributed by atoms with Crippen molar-refractivity contribution in [3.05, 3.63) is 11.6 Å². The van der Waals surface area contributed by atoms with E-state index in [-0.39, 0.29) is 0 Å². The van der Waals surface area contributed by atoms with Gasteiger partial charge < -0.3 is 0 Å². The van der Waals surface area contributed by atoms with Crippen LogP contribution in [-0.4, -0.2) is 0 Å². The molecule has 0 heterocycles. The Morgan fingerprint density at radius 2 is 2.44 bits per heavy atom. The first-order valence-electron chi connectivity index (χ1n) is 3.98. The topological polar surface area (TPSA) is 0 Å². The lowest BCUT2D eigenvalue weighted by atomic mass is 9.89. The summed E-state index contributed by atoms with van der Waals surface area (Å²) in [6, 6.07) is 0. The van der Waals surface area contributed by atoms with Crippen LogP contribution in [0, 0.1) is 5.92 Å². The van der Waals surface area contributed by atoms with E-state index in [1.165, 1.54) is 25.7 Å². The Bertz CT molecular complexity index is 111. The second-order valence-electron chi connectivity index (χ2n) is 3.10. The first kappa shape index (κ1) is 6.85. The lowest BCUT2D eigenvalue weighted by Gasteiger charge is -2.17. The minimum atomic E-state index is 0.994. The molecular formula is C9H16. The highest BCUT2D eigenvalue weighted by atomic mass is 14.1. The van der Waals surface area contributed by atoms with Crippen LogP contribution in [0.25, 0.3) is 0 Å². The summed E-state index contributed by atoms with van der Waals surface area (Å²) in [5.74, 6) is 0.994. The van der Waals surface area contributed by atoms with Crippen LogP contribution in [0.5, 0.6) is 0 Å². The molecule has 0 unspecified atom stereocenters. The molecule has 0 heteroatoms. The number of allylic oxidation sites excluding steroid dienone is 2. The third kappa shape index (κ3) is 1.85. The minimum absolute atomic E-state index is 0.994. The lowest BCUT2D eigenvalue weighted by molar-refractivity contribution is 0.456. The standard InChI is InChI=1S/C9H16/c1-3-9-6-4-8(2)5-7-9/h4,9H,3,5-7H2,1-2H3/t9-/m0/s1. The van der Waals surface area contributed by atoms with Gasteiger partial charge in [-0.15, -0.1) is 0 Å². The summed E-state index contributed by atoms with van der Waals surface area (Å²) >= 11 is 0. The van der Waals surface area contributed by atoms with Gasteiger partial charge in [-0.1, -0.05) is 25.0 Å². The summed E-state index contributed by atoms with van der Waals surface area (Å²) in [6.07, 6.45) is 7.88. The van der Waals surface area contributed by atoms with Crippen molar-refractivity contribution in [1.82, 2.24) is 0 Å². The van der Waals surface area contributed by atoms with Gasteiger partial charge in [0.2, 0.25) is 0 Å². The van der Waals surface area contributed by atoms with Crippen molar-refractivity contribution in [3.63, 3.8) is 0 Å². The highest BCUT2D eigenvalue weighted by Crippen LogP contribution is 2.24. The van der Waals surface area contributed by atoms with Crippen molar-refractivity contribution in [2.24, 2.45) is 5.92 Å². The first-order valence-corrected chi connectivity index (χ1v) is 3.98. The van der Waals surface area contributed by atoms with Crippen LogP contribution in [0.1, 0.15) is 39.5 Å². The van der Waals surface area contributed by atoms with E-state index in [4.69, 9.17) is 0 Å². The normalized spacial score (nSPS) is 27.8. The van der Waals surface area contributed by atoms with Gasteiger partial charge in [0, 0.05) is 0 Å². The van der Waals surface area contributed by atoms with Gasteiger partial charge in [-0.25, -0.2) is 0 Å². The Morgan fingerprint density at radius 1 is 1.67 bits per heavy atom. The van der Waals surface area contributed by atoms with Crippen LogP contribution in [0.15, 0.2) is 11.6 Å². The molecule has 1 aliphatic carbocycles. The molecule has 0 radical (unpaired) electrons. The molecule has 52 valence electrons. The lowest BCUT2D eigenvalue weighted by Crippen LogP contribution is -2.02. The largest absolute Gasteiger partial charge is 0.0853 e. The fourth-order valence-electron chi connectivity index (χ4n) is 1.39. The third-order valence-corrected chi connectivity index (χ3v) is 2.32. The van der Waals surface area contributed by atoms with Crippen LogP contribution >= 0.6 is 0 Å². The van der Waals surface area contributed by atoms with Gasteiger partial charge in [-0.3, -0.25) is 0 Å². The van der Waals surface area contributed by atoms with Crippen LogP contribution in [0.2, 0.25) is 0 Å². The van der Waals surface area contributed by atoms with E-state index in [2.05, 4.69) is 19.9 Å². The van der Waals surface area contributed by atoms with E-state index in [1.54, 1.807) is 5.57 Å². The molecule has 0 fully saturated rings. The van der Waals surface area contributed by atoms with E-state index in [1.807, 2.05) is 0 Å². The maximum absolute atomic E-state index is 2.40. The number of hydrogen-bond donors (Lipinski definition) is 0. The van der Waals surface area contributed by atoms with Crippen molar-refractivity contribution < 1.29 is 0 Å².